The Bertz CT molecular complexity index is 690. The highest BCUT2D eigenvalue weighted by molar-refractivity contribution is 5.94. The molecule has 6 nitrogen and oxygen atoms in total. The van der Waals surface area contributed by atoms with E-state index in [-0.39, 0.29) is 30.1 Å². The number of carbonyl (C=O) groups excluding carboxylic acids is 2. The van der Waals surface area contributed by atoms with Crippen molar-refractivity contribution in [2.24, 2.45) is 5.92 Å². The summed E-state index contributed by atoms with van der Waals surface area (Å²) in [6.45, 7) is 7.85. The Morgan fingerprint density at radius 3 is 2.31 bits per heavy atom. The molecule has 140 valence electrons. The fourth-order valence-corrected chi connectivity index (χ4v) is 2.72. The van der Waals surface area contributed by atoms with Crippen molar-refractivity contribution in [3.05, 3.63) is 35.6 Å². The molecule has 0 spiro atoms. The number of nitrogens with one attached hydrogen (secondary N) is 1. The molecule has 0 radical (unpaired) electrons. The first-order chi connectivity index (χ1) is 12.2. The number of nitriles is 1. The van der Waals surface area contributed by atoms with Crippen molar-refractivity contribution in [2.45, 2.75) is 26.3 Å². The average Bonchev–Trinajstić information content (AvgIpc) is 2.62. The second-order valence-corrected chi connectivity index (χ2v) is 7.09. The van der Waals surface area contributed by atoms with Gasteiger partial charge in [-0.15, -0.1) is 0 Å². The molecule has 2 rings (SSSR count). The number of carbonyl (C=O) groups is 2. The third kappa shape index (κ3) is 4.79. The summed E-state index contributed by atoms with van der Waals surface area (Å²) in [6.07, 6.45) is 0. The molecular formula is C19H25FN4O2. The Balaban J connectivity index is 1.85. The predicted octanol–water partition coefficient (Wildman–Crippen LogP) is 1.64. The lowest BCUT2D eigenvalue weighted by atomic mass is 9.90. The SMILES string of the molecule is CC(C)C(C)(C#N)NC(=O)CN1CCN(C(=O)c2ccc(F)cc2)CC1. The molecule has 0 aromatic heterocycles. The van der Waals surface area contributed by atoms with Crippen molar-refractivity contribution >= 4 is 11.8 Å². The van der Waals surface area contributed by atoms with Crippen molar-refractivity contribution in [3.8, 4) is 6.07 Å². The van der Waals surface area contributed by atoms with Crippen LogP contribution in [0, 0.1) is 23.1 Å². The minimum absolute atomic E-state index is 0.00151. The Labute approximate surface area is 153 Å². The van der Waals surface area contributed by atoms with Gasteiger partial charge in [-0.05, 0) is 37.1 Å². The van der Waals surface area contributed by atoms with Gasteiger partial charge in [0, 0.05) is 31.7 Å². The lowest BCUT2D eigenvalue weighted by molar-refractivity contribution is -0.124. The van der Waals surface area contributed by atoms with Gasteiger partial charge in [-0.2, -0.15) is 5.26 Å². The molecule has 7 heteroatoms. The minimum atomic E-state index is -0.891. The Morgan fingerprint density at radius 1 is 1.23 bits per heavy atom. The molecule has 1 aromatic carbocycles. The van der Waals surface area contributed by atoms with Crippen LogP contribution in [-0.4, -0.2) is 59.9 Å². The van der Waals surface area contributed by atoms with Crippen molar-refractivity contribution in [1.82, 2.24) is 15.1 Å². The van der Waals surface area contributed by atoms with Crippen LogP contribution in [0.15, 0.2) is 24.3 Å². The van der Waals surface area contributed by atoms with E-state index in [1.807, 2.05) is 18.7 Å². The van der Waals surface area contributed by atoms with Gasteiger partial charge >= 0.3 is 0 Å². The zero-order chi connectivity index (χ0) is 19.3. The number of halogens is 1. The van der Waals surface area contributed by atoms with Gasteiger partial charge in [0.15, 0.2) is 0 Å². The monoisotopic (exact) mass is 360 g/mol. The number of benzene rings is 1. The molecule has 1 aromatic rings. The summed E-state index contributed by atoms with van der Waals surface area (Å²) >= 11 is 0. The summed E-state index contributed by atoms with van der Waals surface area (Å²) in [5.74, 6) is -0.697. The first-order valence-electron chi connectivity index (χ1n) is 8.74. The molecular weight excluding hydrogens is 335 g/mol. The number of hydrogen-bond donors (Lipinski definition) is 1. The summed E-state index contributed by atoms with van der Waals surface area (Å²) < 4.78 is 13.0. The zero-order valence-electron chi connectivity index (χ0n) is 15.5. The van der Waals surface area contributed by atoms with E-state index >= 15 is 0 Å². The fourth-order valence-electron chi connectivity index (χ4n) is 2.72. The maximum Gasteiger partial charge on any atom is 0.253 e. The van der Waals surface area contributed by atoms with Gasteiger partial charge in [0.05, 0.1) is 12.6 Å². The highest BCUT2D eigenvalue weighted by Crippen LogP contribution is 2.15. The second kappa shape index (κ2) is 8.28. The van der Waals surface area contributed by atoms with Gasteiger partial charge in [-0.3, -0.25) is 14.5 Å². The number of piperazine rings is 1. The third-order valence-corrected chi connectivity index (χ3v) is 4.90. The molecule has 26 heavy (non-hydrogen) atoms. The largest absolute Gasteiger partial charge is 0.337 e. The molecule has 1 aliphatic heterocycles. The molecule has 1 atom stereocenters. The molecule has 1 heterocycles. The Hall–Kier alpha value is -2.46. The average molecular weight is 360 g/mol. The van der Waals surface area contributed by atoms with Crippen molar-refractivity contribution in [2.75, 3.05) is 32.7 Å². The quantitative estimate of drug-likeness (QED) is 0.866. The van der Waals surface area contributed by atoms with Crippen LogP contribution in [0.5, 0.6) is 0 Å². The molecule has 1 N–H and O–H groups in total. The maximum atomic E-state index is 13.0. The summed E-state index contributed by atoms with van der Waals surface area (Å²) in [7, 11) is 0. The predicted molar refractivity (Wildman–Crippen MR) is 95.7 cm³/mol. The lowest BCUT2D eigenvalue weighted by Crippen LogP contribution is -2.55. The third-order valence-electron chi connectivity index (χ3n) is 4.90. The van der Waals surface area contributed by atoms with E-state index in [0.717, 1.165) is 0 Å². The van der Waals surface area contributed by atoms with Gasteiger partial charge in [-0.25, -0.2) is 4.39 Å². The van der Waals surface area contributed by atoms with Crippen LogP contribution in [0.1, 0.15) is 31.1 Å². The van der Waals surface area contributed by atoms with Crippen molar-refractivity contribution < 1.29 is 14.0 Å². The lowest BCUT2D eigenvalue weighted by Gasteiger charge is -2.35. The van der Waals surface area contributed by atoms with Crippen molar-refractivity contribution in [1.29, 1.82) is 5.26 Å². The molecule has 1 aliphatic rings. The van der Waals surface area contributed by atoms with Crippen molar-refractivity contribution in [3.63, 3.8) is 0 Å². The number of nitrogens with zero attached hydrogens (tertiary/aromatic N) is 3. The van der Waals surface area contributed by atoms with E-state index in [4.69, 9.17) is 0 Å². The van der Waals surface area contributed by atoms with Crippen LogP contribution in [0.25, 0.3) is 0 Å². The smallest absolute Gasteiger partial charge is 0.253 e. The maximum absolute atomic E-state index is 13.0. The van der Waals surface area contributed by atoms with Crippen LogP contribution < -0.4 is 5.32 Å². The minimum Gasteiger partial charge on any atom is -0.337 e. The number of hydrogen-bond acceptors (Lipinski definition) is 4. The van der Waals surface area contributed by atoms with Gasteiger partial charge in [0.25, 0.3) is 5.91 Å². The van der Waals surface area contributed by atoms with E-state index in [0.29, 0.717) is 31.7 Å². The number of amides is 2. The van der Waals surface area contributed by atoms with E-state index < -0.39 is 5.54 Å². The molecule has 0 aliphatic carbocycles. The van der Waals surface area contributed by atoms with Crippen LogP contribution in [0.3, 0.4) is 0 Å². The van der Waals surface area contributed by atoms with Crippen LogP contribution in [0.2, 0.25) is 0 Å². The standard InChI is InChI=1S/C19H25FN4O2/c1-14(2)19(3,13-21)22-17(25)12-23-8-10-24(11-9-23)18(26)15-4-6-16(20)7-5-15/h4-7,14H,8-12H2,1-3H3,(H,22,25). The Morgan fingerprint density at radius 2 is 1.81 bits per heavy atom. The van der Waals surface area contributed by atoms with Crippen LogP contribution >= 0.6 is 0 Å². The summed E-state index contributed by atoms with van der Waals surface area (Å²) in [5, 5.41) is 12.1. The van der Waals surface area contributed by atoms with Gasteiger partial charge in [-0.1, -0.05) is 13.8 Å². The zero-order valence-corrected chi connectivity index (χ0v) is 15.5. The van der Waals surface area contributed by atoms with Crippen LogP contribution in [0.4, 0.5) is 4.39 Å². The summed E-state index contributed by atoms with van der Waals surface area (Å²) in [5.41, 5.74) is -0.434. The Kier molecular flexibility index (Phi) is 6.32. The first kappa shape index (κ1) is 19.9. The highest BCUT2D eigenvalue weighted by Gasteiger charge is 2.31. The van der Waals surface area contributed by atoms with E-state index in [2.05, 4.69) is 11.4 Å². The van der Waals surface area contributed by atoms with Gasteiger partial charge < -0.3 is 10.2 Å². The number of rotatable bonds is 5. The first-order valence-corrected chi connectivity index (χ1v) is 8.74. The second-order valence-electron chi connectivity index (χ2n) is 7.09. The van der Waals surface area contributed by atoms with E-state index in [1.165, 1.54) is 24.3 Å². The molecule has 0 saturated carbocycles. The van der Waals surface area contributed by atoms with Gasteiger partial charge in [0.1, 0.15) is 11.4 Å². The van der Waals surface area contributed by atoms with E-state index in [9.17, 15) is 19.2 Å². The molecule has 1 fully saturated rings. The summed E-state index contributed by atoms with van der Waals surface area (Å²) in [4.78, 5) is 28.3. The molecule has 2 amide bonds. The van der Waals surface area contributed by atoms with Crippen LogP contribution in [-0.2, 0) is 4.79 Å². The molecule has 1 unspecified atom stereocenters. The summed E-state index contributed by atoms with van der Waals surface area (Å²) in [6, 6.07) is 7.66. The topological polar surface area (TPSA) is 76.4 Å². The highest BCUT2D eigenvalue weighted by atomic mass is 19.1. The van der Waals surface area contributed by atoms with E-state index in [1.54, 1.807) is 11.8 Å². The fraction of sp³-hybridized carbons (Fsp3) is 0.526. The normalized spacial score (nSPS) is 17.5. The molecule has 1 saturated heterocycles. The molecule has 0 bridgehead atoms. The van der Waals surface area contributed by atoms with Gasteiger partial charge in [0.2, 0.25) is 5.91 Å².